The molecular formula is C19H17BrN2O6. The van der Waals surface area contributed by atoms with Crippen LogP contribution in [0.5, 0.6) is 0 Å². The van der Waals surface area contributed by atoms with Crippen molar-refractivity contribution in [3.8, 4) is 0 Å². The zero-order valence-electron chi connectivity index (χ0n) is 14.9. The first-order valence-corrected chi connectivity index (χ1v) is 9.24. The fourth-order valence-corrected chi connectivity index (χ4v) is 3.02. The molecule has 1 aliphatic heterocycles. The summed E-state index contributed by atoms with van der Waals surface area (Å²) < 4.78 is 15.9. The van der Waals surface area contributed by atoms with Gasteiger partial charge in [-0.2, -0.15) is 0 Å². The van der Waals surface area contributed by atoms with E-state index in [4.69, 9.17) is 13.9 Å². The highest BCUT2D eigenvalue weighted by Crippen LogP contribution is 2.28. The first-order valence-electron chi connectivity index (χ1n) is 8.44. The van der Waals surface area contributed by atoms with Crippen LogP contribution < -0.4 is 10.6 Å². The van der Waals surface area contributed by atoms with Crippen LogP contribution in [-0.2, 0) is 14.3 Å². The number of halogens is 1. The van der Waals surface area contributed by atoms with Gasteiger partial charge in [-0.1, -0.05) is 30.3 Å². The number of carbonyl (C=O) groups excluding carboxylic acids is 3. The molecule has 146 valence electrons. The lowest BCUT2D eigenvalue weighted by molar-refractivity contribution is -0.139. The number of esters is 2. The molecule has 1 aliphatic rings. The predicted molar refractivity (Wildman–Crippen MR) is 101 cm³/mol. The number of carbonyl (C=O) groups is 3. The van der Waals surface area contributed by atoms with Gasteiger partial charge in [0.15, 0.2) is 4.67 Å². The molecule has 9 heteroatoms. The highest BCUT2D eigenvalue weighted by Gasteiger charge is 2.34. The van der Waals surface area contributed by atoms with E-state index in [9.17, 15) is 14.4 Å². The monoisotopic (exact) mass is 448 g/mol. The Bertz CT molecular complexity index is 922. The second-order valence-electron chi connectivity index (χ2n) is 5.73. The molecule has 28 heavy (non-hydrogen) atoms. The van der Waals surface area contributed by atoms with E-state index in [1.807, 2.05) is 6.07 Å². The second-order valence-corrected chi connectivity index (χ2v) is 6.52. The Balaban J connectivity index is 1.90. The number of furan rings is 1. The molecule has 0 spiro atoms. The van der Waals surface area contributed by atoms with Gasteiger partial charge in [-0.3, -0.25) is 0 Å². The van der Waals surface area contributed by atoms with Crippen LogP contribution in [0.4, 0.5) is 4.79 Å². The SMILES string of the molecule is CCOC(=O)C1=C(COC(=O)c2ccc(Br)o2)NC(=O)NC1c1ccccc1. The lowest BCUT2D eigenvalue weighted by atomic mass is 9.95. The average Bonchev–Trinajstić information content (AvgIpc) is 3.13. The van der Waals surface area contributed by atoms with Crippen LogP contribution in [0.1, 0.15) is 29.1 Å². The number of rotatable bonds is 6. The fourth-order valence-electron chi connectivity index (χ4n) is 2.71. The Hall–Kier alpha value is -3.07. The van der Waals surface area contributed by atoms with Crippen molar-refractivity contribution in [3.05, 3.63) is 69.7 Å². The molecule has 8 nitrogen and oxygen atoms in total. The summed E-state index contributed by atoms with van der Waals surface area (Å²) >= 11 is 3.11. The van der Waals surface area contributed by atoms with Gasteiger partial charge in [-0.05, 0) is 40.5 Å². The van der Waals surface area contributed by atoms with Crippen molar-refractivity contribution in [2.75, 3.05) is 13.2 Å². The zero-order chi connectivity index (χ0) is 20.1. The van der Waals surface area contributed by atoms with E-state index in [1.165, 1.54) is 6.07 Å². The summed E-state index contributed by atoms with van der Waals surface area (Å²) in [5.74, 6) is -1.36. The zero-order valence-corrected chi connectivity index (χ0v) is 16.4. The first-order chi connectivity index (χ1) is 13.5. The molecule has 0 aliphatic carbocycles. The topological polar surface area (TPSA) is 107 Å². The van der Waals surface area contributed by atoms with Gasteiger partial charge in [0.1, 0.15) is 6.61 Å². The van der Waals surface area contributed by atoms with E-state index in [-0.39, 0.29) is 30.2 Å². The summed E-state index contributed by atoms with van der Waals surface area (Å²) in [4.78, 5) is 36.8. The van der Waals surface area contributed by atoms with Crippen LogP contribution in [0.3, 0.4) is 0 Å². The number of benzene rings is 1. The van der Waals surface area contributed by atoms with E-state index < -0.39 is 24.0 Å². The molecule has 0 saturated carbocycles. The molecule has 2 heterocycles. The standard InChI is InChI=1S/C19H17BrN2O6/c1-2-26-18(24)15-12(10-27-17(23)13-8-9-14(20)28-13)21-19(25)22-16(15)11-6-4-3-5-7-11/h3-9,16H,2,10H2,1H3,(H2,21,22,25). The molecular weight excluding hydrogens is 432 g/mol. The molecule has 0 saturated heterocycles. The Kier molecular flexibility index (Phi) is 6.15. The van der Waals surface area contributed by atoms with Gasteiger partial charge >= 0.3 is 18.0 Å². The highest BCUT2D eigenvalue weighted by atomic mass is 79.9. The maximum Gasteiger partial charge on any atom is 0.374 e. The third kappa shape index (κ3) is 4.42. The van der Waals surface area contributed by atoms with E-state index in [0.29, 0.717) is 10.2 Å². The normalized spacial score (nSPS) is 16.2. The minimum Gasteiger partial charge on any atom is -0.463 e. The molecule has 0 radical (unpaired) electrons. The molecule has 1 atom stereocenters. The maximum absolute atomic E-state index is 12.6. The van der Waals surface area contributed by atoms with Crippen LogP contribution in [-0.4, -0.2) is 31.2 Å². The van der Waals surface area contributed by atoms with E-state index in [2.05, 4.69) is 26.6 Å². The minimum atomic E-state index is -0.736. The lowest BCUT2D eigenvalue weighted by Gasteiger charge is -2.29. The van der Waals surface area contributed by atoms with Gasteiger partial charge in [0.25, 0.3) is 0 Å². The molecule has 3 rings (SSSR count). The molecule has 2 amide bonds. The number of hydrogen-bond donors (Lipinski definition) is 2. The Labute approximate surface area is 169 Å². The number of amides is 2. The number of ether oxygens (including phenoxy) is 2. The summed E-state index contributed by atoms with van der Waals surface area (Å²) in [6, 6.07) is 10.7. The first kappa shape index (κ1) is 19.7. The van der Waals surface area contributed by atoms with E-state index >= 15 is 0 Å². The van der Waals surface area contributed by atoms with Gasteiger partial charge in [0, 0.05) is 0 Å². The largest absolute Gasteiger partial charge is 0.463 e. The third-order valence-corrected chi connectivity index (χ3v) is 4.33. The van der Waals surface area contributed by atoms with Crippen molar-refractivity contribution in [2.24, 2.45) is 0 Å². The molecule has 0 bridgehead atoms. The summed E-state index contributed by atoms with van der Waals surface area (Å²) in [6.45, 7) is 1.51. The number of hydrogen-bond acceptors (Lipinski definition) is 6. The second kappa shape index (κ2) is 8.75. The minimum absolute atomic E-state index is 0.00923. The predicted octanol–water partition coefficient (Wildman–Crippen LogP) is 3.07. The van der Waals surface area contributed by atoms with E-state index in [1.54, 1.807) is 37.3 Å². The molecule has 2 aromatic rings. The molecule has 2 N–H and O–H groups in total. The van der Waals surface area contributed by atoms with Crippen LogP contribution in [0.2, 0.25) is 0 Å². The Morgan fingerprint density at radius 1 is 1.11 bits per heavy atom. The average molecular weight is 449 g/mol. The van der Waals surface area contributed by atoms with Gasteiger partial charge in [0.05, 0.1) is 23.9 Å². The van der Waals surface area contributed by atoms with Crippen molar-refractivity contribution in [1.29, 1.82) is 0 Å². The Morgan fingerprint density at radius 2 is 1.86 bits per heavy atom. The van der Waals surface area contributed by atoms with Crippen molar-refractivity contribution < 1.29 is 28.3 Å². The summed E-state index contributed by atoms with van der Waals surface area (Å²) in [7, 11) is 0. The van der Waals surface area contributed by atoms with Crippen LogP contribution in [0, 0.1) is 0 Å². The van der Waals surface area contributed by atoms with Crippen LogP contribution in [0.15, 0.2) is 62.8 Å². The van der Waals surface area contributed by atoms with Gasteiger partial charge in [0.2, 0.25) is 5.76 Å². The van der Waals surface area contributed by atoms with Crippen LogP contribution >= 0.6 is 15.9 Å². The van der Waals surface area contributed by atoms with Gasteiger partial charge < -0.3 is 24.5 Å². The van der Waals surface area contributed by atoms with E-state index in [0.717, 1.165) is 0 Å². The van der Waals surface area contributed by atoms with Gasteiger partial charge in [-0.25, -0.2) is 14.4 Å². The molecule has 1 aromatic carbocycles. The molecule has 0 fully saturated rings. The van der Waals surface area contributed by atoms with Crippen molar-refractivity contribution in [2.45, 2.75) is 13.0 Å². The number of nitrogens with one attached hydrogen (secondary N) is 2. The molecule has 1 unspecified atom stereocenters. The highest BCUT2D eigenvalue weighted by molar-refractivity contribution is 9.10. The van der Waals surface area contributed by atoms with Crippen molar-refractivity contribution in [3.63, 3.8) is 0 Å². The summed E-state index contributed by atoms with van der Waals surface area (Å²) in [5.41, 5.74) is 1.01. The van der Waals surface area contributed by atoms with Crippen molar-refractivity contribution in [1.82, 2.24) is 10.6 Å². The van der Waals surface area contributed by atoms with Crippen LogP contribution in [0.25, 0.3) is 0 Å². The summed E-state index contributed by atoms with van der Waals surface area (Å²) in [5, 5.41) is 5.23. The Morgan fingerprint density at radius 3 is 2.50 bits per heavy atom. The van der Waals surface area contributed by atoms with Crippen molar-refractivity contribution >= 4 is 33.9 Å². The molecule has 1 aromatic heterocycles. The van der Waals surface area contributed by atoms with Gasteiger partial charge in [-0.15, -0.1) is 0 Å². The quantitative estimate of drug-likeness (QED) is 0.657. The number of urea groups is 1. The fraction of sp³-hybridized carbons (Fsp3) is 0.211. The third-order valence-electron chi connectivity index (χ3n) is 3.90. The maximum atomic E-state index is 12.6. The lowest BCUT2D eigenvalue weighted by Crippen LogP contribution is -2.47. The summed E-state index contributed by atoms with van der Waals surface area (Å²) in [6.07, 6.45) is 0. The smallest absolute Gasteiger partial charge is 0.374 e.